The van der Waals surface area contributed by atoms with Crippen LogP contribution in [0.25, 0.3) is 10.2 Å². The summed E-state index contributed by atoms with van der Waals surface area (Å²) in [5, 5.41) is 0.993. The Bertz CT molecular complexity index is 1030. The number of fused-ring (bicyclic) bond motifs is 1. The molecule has 148 valence electrons. The fraction of sp³-hybridized carbons (Fsp3) is 0.409. The van der Waals surface area contributed by atoms with E-state index in [1.54, 1.807) is 12.0 Å². The van der Waals surface area contributed by atoms with Crippen molar-refractivity contribution < 1.29 is 9.53 Å². The van der Waals surface area contributed by atoms with E-state index in [9.17, 15) is 4.79 Å². The largest absolute Gasteiger partial charge is 0.496 e. The zero-order chi connectivity index (χ0) is 20.6. The number of carbonyl (C=O) groups is 1. The number of thiophene rings is 1. The van der Waals surface area contributed by atoms with Crippen LogP contribution in [0.5, 0.6) is 5.75 Å². The molecule has 0 unspecified atom stereocenters. The van der Waals surface area contributed by atoms with Gasteiger partial charge in [-0.25, -0.2) is 9.97 Å². The number of nitrogens with zero attached hydrogens (tertiary/aromatic N) is 3. The Morgan fingerprint density at radius 1 is 1.18 bits per heavy atom. The lowest BCUT2D eigenvalue weighted by molar-refractivity contribution is 0.0788. The minimum Gasteiger partial charge on any atom is -0.496 e. The first-order valence-electron chi connectivity index (χ1n) is 9.29. The molecule has 5 nitrogen and oxygen atoms in total. The lowest BCUT2D eigenvalue weighted by Gasteiger charge is -2.18. The van der Waals surface area contributed by atoms with Gasteiger partial charge in [-0.1, -0.05) is 39.0 Å². The number of rotatable bonds is 4. The quantitative estimate of drug-likeness (QED) is 0.629. The third kappa shape index (κ3) is 3.74. The Hall–Kier alpha value is -2.47. The van der Waals surface area contributed by atoms with Gasteiger partial charge in [0.25, 0.3) is 5.91 Å². The number of carbonyl (C=O) groups excluding carboxylic acids is 1. The molecular weight excluding hydrogens is 370 g/mol. The summed E-state index contributed by atoms with van der Waals surface area (Å²) in [6, 6.07) is 7.76. The summed E-state index contributed by atoms with van der Waals surface area (Å²) in [5.74, 6) is 1.58. The highest BCUT2D eigenvalue weighted by molar-refractivity contribution is 7.20. The lowest BCUT2D eigenvalue weighted by Crippen LogP contribution is -2.26. The molecule has 2 heterocycles. The topological polar surface area (TPSA) is 55.3 Å². The molecule has 1 amide bonds. The third-order valence-corrected chi connectivity index (χ3v) is 5.96. The Labute approximate surface area is 170 Å². The number of benzene rings is 1. The average molecular weight is 398 g/mol. The van der Waals surface area contributed by atoms with E-state index in [0.717, 1.165) is 43.5 Å². The summed E-state index contributed by atoms with van der Waals surface area (Å²) in [7, 11) is 3.46. The summed E-state index contributed by atoms with van der Waals surface area (Å²) in [6.07, 6.45) is 0. The zero-order valence-corrected chi connectivity index (χ0v) is 18.4. The molecule has 6 heteroatoms. The molecule has 0 aliphatic heterocycles. The van der Waals surface area contributed by atoms with Crippen LogP contribution in [0.15, 0.2) is 24.3 Å². The molecule has 0 saturated heterocycles. The number of amides is 1. The molecule has 0 atom stereocenters. The maximum absolute atomic E-state index is 13.2. The normalized spacial score (nSPS) is 11.7. The van der Waals surface area contributed by atoms with Crippen LogP contribution >= 0.6 is 11.3 Å². The lowest BCUT2D eigenvalue weighted by atomic mass is 9.95. The molecule has 3 rings (SSSR count). The highest BCUT2D eigenvalue weighted by atomic mass is 32.1. The molecular formula is C22H27N3O2S. The van der Waals surface area contributed by atoms with Crippen molar-refractivity contribution in [1.82, 2.24) is 14.9 Å². The molecule has 0 radical (unpaired) electrons. The van der Waals surface area contributed by atoms with Crippen LogP contribution in [0.2, 0.25) is 0 Å². The van der Waals surface area contributed by atoms with Crippen molar-refractivity contribution in [2.45, 2.75) is 46.6 Å². The molecule has 28 heavy (non-hydrogen) atoms. The van der Waals surface area contributed by atoms with Gasteiger partial charge >= 0.3 is 0 Å². The Morgan fingerprint density at radius 3 is 2.50 bits per heavy atom. The molecule has 0 aliphatic carbocycles. The maximum atomic E-state index is 13.2. The van der Waals surface area contributed by atoms with E-state index in [1.807, 2.05) is 45.2 Å². The second-order valence-electron chi connectivity index (χ2n) is 8.09. The minimum atomic E-state index is -0.137. The molecule has 0 fully saturated rings. The predicted molar refractivity (Wildman–Crippen MR) is 114 cm³/mol. The zero-order valence-electron chi connectivity index (χ0n) is 17.6. The number of aromatic nitrogens is 2. The van der Waals surface area contributed by atoms with Crippen molar-refractivity contribution in [3.63, 3.8) is 0 Å². The van der Waals surface area contributed by atoms with Crippen LogP contribution in [0.1, 0.15) is 53.1 Å². The van der Waals surface area contributed by atoms with Gasteiger partial charge in [0.1, 0.15) is 16.4 Å². The molecule has 1 aromatic carbocycles. The Morgan fingerprint density at radius 2 is 1.86 bits per heavy atom. The molecule has 0 spiro atoms. The number of aryl methyl sites for hydroxylation is 2. The van der Waals surface area contributed by atoms with Gasteiger partial charge in [0.2, 0.25) is 0 Å². The van der Waals surface area contributed by atoms with Crippen molar-refractivity contribution in [3.05, 3.63) is 51.8 Å². The second kappa shape index (κ2) is 7.51. The van der Waals surface area contributed by atoms with E-state index in [1.165, 1.54) is 11.3 Å². The molecule has 3 aromatic rings. The van der Waals surface area contributed by atoms with Crippen LogP contribution in [-0.2, 0) is 12.0 Å². The number of para-hydroxylation sites is 1. The van der Waals surface area contributed by atoms with Crippen LogP contribution in [0.4, 0.5) is 0 Å². The highest BCUT2D eigenvalue weighted by Crippen LogP contribution is 2.34. The number of hydrogen-bond acceptors (Lipinski definition) is 5. The van der Waals surface area contributed by atoms with Crippen molar-refractivity contribution in [2.75, 3.05) is 14.2 Å². The van der Waals surface area contributed by atoms with Crippen LogP contribution < -0.4 is 4.74 Å². The van der Waals surface area contributed by atoms with Crippen LogP contribution in [-0.4, -0.2) is 34.9 Å². The van der Waals surface area contributed by atoms with E-state index < -0.39 is 0 Å². The standard InChI is InChI=1S/C22H27N3O2S/c1-13-17-14(2)23-21(22(3,4)5)24-19(17)28-18(13)20(26)25(6)12-15-10-8-9-11-16(15)27-7/h8-11H,12H2,1-7H3. The van der Waals surface area contributed by atoms with Gasteiger partial charge in [0.05, 0.1) is 17.7 Å². The minimum absolute atomic E-state index is 0.0110. The molecule has 0 aliphatic rings. The monoisotopic (exact) mass is 397 g/mol. The van der Waals surface area contributed by atoms with E-state index in [-0.39, 0.29) is 11.3 Å². The van der Waals surface area contributed by atoms with Crippen LogP contribution in [0.3, 0.4) is 0 Å². The second-order valence-corrected chi connectivity index (χ2v) is 9.09. The predicted octanol–water partition coefficient (Wildman–Crippen LogP) is 4.89. The smallest absolute Gasteiger partial charge is 0.264 e. The average Bonchev–Trinajstić information content (AvgIpc) is 2.97. The van der Waals surface area contributed by atoms with Crippen molar-refractivity contribution in [1.29, 1.82) is 0 Å². The number of methoxy groups -OCH3 is 1. The van der Waals surface area contributed by atoms with Gasteiger partial charge in [-0.05, 0) is 25.5 Å². The number of ether oxygens (including phenoxy) is 1. The van der Waals surface area contributed by atoms with Gasteiger partial charge in [0.15, 0.2) is 0 Å². The Kier molecular flexibility index (Phi) is 5.44. The van der Waals surface area contributed by atoms with Gasteiger partial charge in [-0.3, -0.25) is 4.79 Å². The van der Waals surface area contributed by atoms with Gasteiger partial charge in [0, 0.05) is 30.0 Å². The summed E-state index contributed by atoms with van der Waals surface area (Å²) >= 11 is 1.45. The fourth-order valence-electron chi connectivity index (χ4n) is 3.21. The van der Waals surface area contributed by atoms with Gasteiger partial charge < -0.3 is 9.64 Å². The Balaban J connectivity index is 1.97. The van der Waals surface area contributed by atoms with E-state index in [2.05, 4.69) is 20.8 Å². The summed E-state index contributed by atoms with van der Waals surface area (Å²) < 4.78 is 5.41. The van der Waals surface area contributed by atoms with Crippen molar-refractivity contribution >= 4 is 27.5 Å². The summed E-state index contributed by atoms with van der Waals surface area (Å²) in [5.41, 5.74) is 2.72. The molecule has 2 aromatic heterocycles. The highest BCUT2D eigenvalue weighted by Gasteiger charge is 2.25. The fourth-order valence-corrected chi connectivity index (χ4v) is 4.44. The number of hydrogen-bond donors (Lipinski definition) is 0. The molecule has 0 bridgehead atoms. The first kappa shape index (κ1) is 20.3. The summed E-state index contributed by atoms with van der Waals surface area (Å²) in [6.45, 7) is 10.7. The first-order chi connectivity index (χ1) is 13.1. The van der Waals surface area contributed by atoms with Gasteiger partial charge in [-0.2, -0.15) is 0 Å². The first-order valence-corrected chi connectivity index (χ1v) is 10.1. The SMILES string of the molecule is COc1ccccc1CN(C)C(=O)c1sc2nc(C(C)(C)C)nc(C)c2c1C. The molecule has 0 saturated carbocycles. The van der Waals surface area contributed by atoms with E-state index in [0.29, 0.717) is 6.54 Å². The van der Waals surface area contributed by atoms with Crippen molar-refractivity contribution in [3.8, 4) is 5.75 Å². The van der Waals surface area contributed by atoms with Crippen LogP contribution in [0, 0.1) is 13.8 Å². The maximum Gasteiger partial charge on any atom is 0.264 e. The van der Waals surface area contributed by atoms with E-state index >= 15 is 0 Å². The van der Waals surface area contributed by atoms with Crippen molar-refractivity contribution in [2.24, 2.45) is 0 Å². The third-order valence-electron chi connectivity index (χ3n) is 4.78. The van der Waals surface area contributed by atoms with Gasteiger partial charge in [-0.15, -0.1) is 11.3 Å². The summed E-state index contributed by atoms with van der Waals surface area (Å²) in [4.78, 5) is 26.0. The van der Waals surface area contributed by atoms with E-state index in [4.69, 9.17) is 14.7 Å². The molecule has 0 N–H and O–H groups in total.